The Bertz CT molecular complexity index is 1030. The summed E-state index contributed by atoms with van der Waals surface area (Å²) in [5.41, 5.74) is 1.05. The third kappa shape index (κ3) is 3.98. The van der Waals surface area contributed by atoms with Gasteiger partial charge in [-0.1, -0.05) is 23.9 Å². The van der Waals surface area contributed by atoms with Gasteiger partial charge in [0.2, 0.25) is 15.9 Å². The highest BCUT2D eigenvalue weighted by atomic mass is 32.2. The Hall–Kier alpha value is -2.43. The van der Waals surface area contributed by atoms with E-state index in [0.717, 1.165) is 0 Å². The van der Waals surface area contributed by atoms with Gasteiger partial charge < -0.3 is 5.32 Å². The normalized spacial score (nSPS) is 12.9. The van der Waals surface area contributed by atoms with Crippen molar-refractivity contribution in [2.24, 2.45) is 5.14 Å². The smallest absolute Gasteiger partial charge is 0.238 e. The number of rotatable bonds is 5. The number of nitrogens with one attached hydrogen (secondary N) is 1. The zero-order valence-corrected chi connectivity index (χ0v) is 14.8. The molecule has 0 saturated heterocycles. The molecule has 0 radical (unpaired) electrons. The van der Waals surface area contributed by atoms with E-state index in [2.05, 4.69) is 15.5 Å². The van der Waals surface area contributed by atoms with Crippen LogP contribution in [0.4, 0.5) is 5.69 Å². The Labute approximate surface area is 148 Å². The van der Waals surface area contributed by atoms with E-state index < -0.39 is 15.3 Å². The predicted molar refractivity (Wildman–Crippen MR) is 94.8 cm³/mol. The lowest BCUT2D eigenvalue weighted by Gasteiger charge is -2.11. The van der Waals surface area contributed by atoms with E-state index in [1.54, 1.807) is 17.4 Å². The van der Waals surface area contributed by atoms with Crippen LogP contribution in [0.2, 0.25) is 0 Å². The Morgan fingerprint density at radius 1 is 1.24 bits per heavy atom. The van der Waals surface area contributed by atoms with Gasteiger partial charge in [0.05, 0.1) is 10.1 Å². The van der Waals surface area contributed by atoms with Crippen LogP contribution >= 0.6 is 11.8 Å². The maximum atomic E-state index is 12.4. The number of anilines is 1. The fourth-order valence-electron chi connectivity index (χ4n) is 2.11. The number of hydrogen-bond acceptors (Lipinski definition) is 6. The van der Waals surface area contributed by atoms with E-state index in [1.165, 1.54) is 30.0 Å². The first-order chi connectivity index (χ1) is 11.8. The number of fused-ring (bicyclic) bond motifs is 1. The van der Waals surface area contributed by atoms with Crippen molar-refractivity contribution in [3.8, 4) is 0 Å². The lowest BCUT2D eigenvalue weighted by atomic mass is 10.3. The number of pyridine rings is 1. The predicted octanol–water partition coefficient (Wildman–Crippen LogP) is 1.50. The van der Waals surface area contributed by atoms with Gasteiger partial charge in [0, 0.05) is 11.9 Å². The van der Waals surface area contributed by atoms with Crippen LogP contribution in [0.1, 0.15) is 6.92 Å². The van der Waals surface area contributed by atoms with E-state index in [9.17, 15) is 13.2 Å². The van der Waals surface area contributed by atoms with E-state index in [4.69, 9.17) is 5.14 Å². The number of primary sulfonamides is 1. The molecular weight excluding hydrogens is 362 g/mol. The molecule has 0 aliphatic rings. The number of nitrogens with two attached hydrogens (primary N) is 1. The number of sulfonamides is 1. The van der Waals surface area contributed by atoms with Crippen molar-refractivity contribution in [2.75, 3.05) is 5.32 Å². The minimum Gasteiger partial charge on any atom is -0.325 e. The SMILES string of the molecule is C[C@H](Sc1nnc2ccccn12)C(=O)Nc1cccc(S(N)(=O)=O)c1. The molecule has 0 aliphatic heterocycles. The van der Waals surface area contributed by atoms with Crippen molar-refractivity contribution in [3.05, 3.63) is 48.7 Å². The largest absolute Gasteiger partial charge is 0.325 e. The fraction of sp³-hybridized carbons (Fsp3) is 0.133. The van der Waals surface area contributed by atoms with Crippen molar-refractivity contribution in [3.63, 3.8) is 0 Å². The summed E-state index contributed by atoms with van der Waals surface area (Å²) in [7, 11) is -3.82. The second-order valence-electron chi connectivity index (χ2n) is 5.23. The van der Waals surface area contributed by atoms with Gasteiger partial charge in [0.1, 0.15) is 0 Å². The van der Waals surface area contributed by atoms with E-state index >= 15 is 0 Å². The van der Waals surface area contributed by atoms with Gasteiger partial charge in [-0.3, -0.25) is 9.20 Å². The summed E-state index contributed by atoms with van der Waals surface area (Å²) in [4.78, 5) is 12.3. The standard InChI is InChI=1S/C15H15N5O3S2/c1-10(24-15-19-18-13-7-2-3-8-20(13)15)14(21)17-11-5-4-6-12(9-11)25(16,22)23/h2-10H,1H3,(H,17,21)(H2,16,22,23)/t10-/m0/s1. The molecule has 1 atom stereocenters. The minimum atomic E-state index is -3.82. The highest BCUT2D eigenvalue weighted by molar-refractivity contribution is 8.00. The van der Waals surface area contributed by atoms with Gasteiger partial charge in [-0.2, -0.15) is 0 Å². The summed E-state index contributed by atoms with van der Waals surface area (Å²) in [6, 6.07) is 11.3. The first-order valence-electron chi connectivity index (χ1n) is 7.25. The molecule has 0 spiro atoms. The Morgan fingerprint density at radius 3 is 2.80 bits per heavy atom. The highest BCUT2D eigenvalue weighted by Gasteiger charge is 2.18. The molecule has 3 N–H and O–H groups in total. The molecule has 3 aromatic rings. The Balaban J connectivity index is 1.73. The topological polar surface area (TPSA) is 119 Å². The molecule has 0 fully saturated rings. The van der Waals surface area contributed by atoms with E-state index in [-0.39, 0.29) is 10.8 Å². The number of carbonyl (C=O) groups excluding carboxylic acids is 1. The average molecular weight is 377 g/mol. The summed E-state index contributed by atoms with van der Waals surface area (Å²) in [5, 5.41) is 16.0. The molecular formula is C15H15N5O3S2. The number of amides is 1. The van der Waals surface area contributed by atoms with Crippen LogP contribution in [0, 0.1) is 0 Å². The summed E-state index contributed by atoms with van der Waals surface area (Å²) < 4.78 is 24.6. The van der Waals surface area contributed by atoms with Crippen LogP contribution in [0.15, 0.2) is 58.7 Å². The van der Waals surface area contributed by atoms with Crippen LogP contribution in [0.3, 0.4) is 0 Å². The molecule has 25 heavy (non-hydrogen) atoms. The quantitative estimate of drug-likeness (QED) is 0.650. The summed E-state index contributed by atoms with van der Waals surface area (Å²) in [6.45, 7) is 1.73. The average Bonchev–Trinajstić information content (AvgIpc) is 2.97. The molecule has 1 amide bonds. The molecule has 2 aromatic heterocycles. The van der Waals surface area contributed by atoms with Gasteiger partial charge in [-0.15, -0.1) is 10.2 Å². The molecule has 0 bridgehead atoms. The molecule has 10 heteroatoms. The molecule has 8 nitrogen and oxygen atoms in total. The third-order valence-corrected chi connectivity index (χ3v) is 5.33. The van der Waals surface area contributed by atoms with Gasteiger partial charge in [0.15, 0.2) is 10.8 Å². The van der Waals surface area contributed by atoms with Crippen LogP contribution in [-0.4, -0.2) is 34.2 Å². The first-order valence-corrected chi connectivity index (χ1v) is 9.67. The molecule has 130 valence electrons. The number of aromatic nitrogens is 3. The maximum Gasteiger partial charge on any atom is 0.238 e. The first kappa shape index (κ1) is 17.4. The summed E-state index contributed by atoms with van der Waals surface area (Å²) in [5.74, 6) is -0.288. The molecule has 0 saturated carbocycles. The van der Waals surface area contributed by atoms with Gasteiger partial charge in [0.25, 0.3) is 0 Å². The molecule has 1 aromatic carbocycles. The zero-order chi connectivity index (χ0) is 18.0. The minimum absolute atomic E-state index is 0.0611. The second kappa shape index (κ2) is 6.82. The Morgan fingerprint density at radius 2 is 2.04 bits per heavy atom. The number of hydrogen-bond donors (Lipinski definition) is 2. The highest BCUT2D eigenvalue weighted by Crippen LogP contribution is 2.23. The number of carbonyl (C=O) groups is 1. The summed E-state index contributed by atoms with van der Waals surface area (Å²) in [6.07, 6.45) is 1.82. The van der Waals surface area contributed by atoms with E-state index in [1.807, 2.05) is 24.4 Å². The molecule has 0 unspecified atom stereocenters. The van der Waals surface area contributed by atoms with Crippen LogP contribution in [0.5, 0.6) is 0 Å². The van der Waals surface area contributed by atoms with Crippen molar-refractivity contribution in [1.29, 1.82) is 0 Å². The third-order valence-electron chi connectivity index (χ3n) is 3.36. The fourth-order valence-corrected chi connectivity index (χ4v) is 3.50. The summed E-state index contributed by atoms with van der Waals surface area (Å²) >= 11 is 1.25. The van der Waals surface area contributed by atoms with Gasteiger partial charge in [-0.25, -0.2) is 13.6 Å². The number of nitrogens with zero attached hydrogens (tertiary/aromatic N) is 3. The van der Waals surface area contributed by atoms with Crippen LogP contribution in [-0.2, 0) is 14.8 Å². The zero-order valence-electron chi connectivity index (χ0n) is 13.2. The van der Waals surface area contributed by atoms with Crippen LogP contribution < -0.4 is 10.5 Å². The molecule has 3 rings (SSSR count). The number of benzene rings is 1. The van der Waals surface area contributed by atoms with Crippen molar-refractivity contribution >= 4 is 39.0 Å². The van der Waals surface area contributed by atoms with Gasteiger partial charge in [-0.05, 0) is 37.3 Å². The van der Waals surface area contributed by atoms with Crippen molar-refractivity contribution < 1.29 is 13.2 Å². The lowest BCUT2D eigenvalue weighted by Crippen LogP contribution is -2.23. The van der Waals surface area contributed by atoms with Crippen LogP contribution in [0.25, 0.3) is 5.65 Å². The maximum absolute atomic E-state index is 12.4. The monoisotopic (exact) mass is 377 g/mol. The van der Waals surface area contributed by atoms with E-state index in [0.29, 0.717) is 16.5 Å². The van der Waals surface area contributed by atoms with Crippen molar-refractivity contribution in [2.45, 2.75) is 22.2 Å². The molecule has 2 heterocycles. The molecule has 0 aliphatic carbocycles. The van der Waals surface area contributed by atoms with Gasteiger partial charge >= 0.3 is 0 Å². The lowest BCUT2D eigenvalue weighted by molar-refractivity contribution is -0.115. The number of thioether (sulfide) groups is 1. The Kier molecular flexibility index (Phi) is 4.75. The van der Waals surface area contributed by atoms with Crippen molar-refractivity contribution in [1.82, 2.24) is 14.6 Å². The second-order valence-corrected chi connectivity index (χ2v) is 8.10.